The van der Waals surface area contributed by atoms with Crippen LogP contribution in [0.25, 0.3) is 10.2 Å². The number of rotatable bonds is 4. The smallest absolute Gasteiger partial charge is 0.282 e. The molecule has 3 rings (SSSR count). The maximum atomic E-state index is 12.6. The van der Waals surface area contributed by atoms with Crippen molar-refractivity contribution in [1.82, 2.24) is 9.66 Å². The van der Waals surface area contributed by atoms with Crippen LogP contribution in [0.2, 0.25) is 0 Å². The molecule has 0 saturated carbocycles. The fraction of sp³-hybridized carbons (Fsp3) is 0.353. The van der Waals surface area contributed by atoms with Gasteiger partial charge in [0.25, 0.3) is 5.56 Å². The number of aryl methyl sites for hydroxylation is 2. The zero-order valence-corrected chi connectivity index (χ0v) is 14.2. The average Bonchev–Trinajstić information content (AvgIpc) is 2.98. The number of thiophene rings is 1. The number of hydrogen-bond donors (Lipinski definition) is 0. The van der Waals surface area contributed by atoms with Crippen molar-refractivity contribution in [3.63, 3.8) is 0 Å². The number of nitrogens with zero attached hydrogens (tertiary/aromatic N) is 3. The number of allylic oxidation sites excluding steroid dienone is 2. The normalized spacial score (nSPS) is 20.8. The predicted molar refractivity (Wildman–Crippen MR) is 94.5 cm³/mol. The highest BCUT2D eigenvalue weighted by Gasteiger charge is 2.11. The molecule has 6 heteroatoms. The minimum absolute atomic E-state index is 0.0143. The van der Waals surface area contributed by atoms with Crippen LogP contribution in [-0.2, 0) is 11.2 Å². The maximum Gasteiger partial charge on any atom is 0.282 e. The van der Waals surface area contributed by atoms with Gasteiger partial charge in [-0.2, -0.15) is 9.78 Å². The second-order valence-electron chi connectivity index (χ2n) is 5.37. The van der Waals surface area contributed by atoms with E-state index in [1.54, 1.807) is 31.6 Å². The van der Waals surface area contributed by atoms with E-state index in [9.17, 15) is 4.79 Å². The largest absolute Gasteiger partial charge is 0.373 e. The third kappa shape index (κ3) is 3.18. The maximum absolute atomic E-state index is 12.6. The topological polar surface area (TPSA) is 56.5 Å². The first kappa shape index (κ1) is 15.8. The second kappa shape index (κ2) is 6.60. The molecule has 0 aromatic carbocycles. The van der Waals surface area contributed by atoms with Gasteiger partial charge in [0.1, 0.15) is 10.7 Å². The van der Waals surface area contributed by atoms with Crippen LogP contribution in [0.15, 0.2) is 40.3 Å². The third-order valence-electron chi connectivity index (χ3n) is 3.78. The Hall–Kier alpha value is -2.05. The third-order valence-corrected chi connectivity index (χ3v) is 4.95. The van der Waals surface area contributed by atoms with Crippen LogP contribution in [-0.4, -0.2) is 29.1 Å². The van der Waals surface area contributed by atoms with E-state index in [1.807, 2.05) is 30.4 Å². The van der Waals surface area contributed by atoms with Crippen LogP contribution < -0.4 is 5.56 Å². The molecule has 0 atom stereocenters. The zero-order chi connectivity index (χ0) is 16.4. The summed E-state index contributed by atoms with van der Waals surface area (Å²) in [5, 5.41) is 4.99. The van der Waals surface area contributed by atoms with Crippen molar-refractivity contribution >= 4 is 27.8 Å². The van der Waals surface area contributed by atoms with Crippen LogP contribution in [0.4, 0.5) is 0 Å². The van der Waals surface area contributed by atoms with Gasteiger partial charge in [-0.15, -0.1) is 11.3 Å². The van der Waals surface area contributed by atoms with Gasteiger partial charge in [0.15, 0.2) is 0 Å². The molecule has 1 aliphatic rings. The Morgan fingerprint density at radius 1 is 1.39 bits per heavy atom. The van der Waals surface area contributed by atoms with Gasteiger partial charge in [-0.3, -0.25) is 4.79 Å². The van der Waals surface area contributed by atoms with Crippen molar-refractivity contribution in [2.75, 3.05) is 7.11 Å². The summed E-state index contributed by atoms with van der Waals surface area (Å²) in [5.41, 5.74) is -0.113. The van der Waals surface area contributed by atoms with Gasteiger partial charge in [0.05, 0.1) is 11.5 Å². The first-order valence-corrected chi connectivity index (χ1v) is 8.40. The molecule has 0 amide bonds. The van der Waals surface area contributed by atoms with Crippen LogP contribution in [0.5, 0.6) is 0 Å². The van der Waals surface area contributed by atoms with E-state index >= 15 is 0 Å². The molecule has 1 aliphatic carbocycles. The van der Waals surface area contributed by atoms with E-state index in [0.717, 1.165) is 16.1 Å². The van der Waals surface area contributed by atoms with Crippen LogP contribution >= 0.6 is 11.3 Å². The molecule has 5 nitrogen and oxygen atoms in total. The molecule has 120 valence electrons. The van der Waals surface area contributed by atoms with Crippen molar-refractivity contribution in [1.29, 1.82) is 0 Å². The molecule has 2 aromatic heterocycles. The monoisotopic (exact) mass is 329 g/mol. The number of ether oxygens (including phenoxy) is 1. The van der Waals surface area contributed by atoms with E-state index in [1.165, 1.54) is 4.68 Å². The van der Waals surface area contributed by atoms with Gasteiger partial charge in [-0.25, -0.2) is 4.98 Å². The fourth-order valence-corrected chi connectivity index (χ4v) is 3.44. The lowest BCUT2D eigenvalue weighted by molar-refractivity contribution is 0.176. The highest BCUT2D eigenvalue weighted by atomic mass is 32.1. The molecular formula is C17H19N3O2S. The predicted octanol–water partition coefficient (Wildman–Crippen LogP) is 2.92. The molecule has 2 heterocycles. The molecular weight excluding hydrogens is 310 g/mol. The van der Waals surface area contributed by atoms with Gasteiger partial charge in [0, 0.05) is 24.1 Å². The van der Waals surface area contributed by atoms with Gasteiger partial charge < -0.3 is 4.74 Å². The van der Waals surface area contributed by atoms with Crippen LogP contribution in [0.1, 0.15) is 17.6 Å². The molecule has 0 aliphatic heterocycles. The molecule has 2 aromatic rings. The number of aromatic nitrogens is 2. The summed E-state index contributed by atoms with van der Waals surface area (Å²) >= 11 is 1.57. The zero-order valence-electron chi connectivity index (χ0n) is 13.4. The lowest BCUT2D eigenvalue weighted by Crippen LogP contribution is -2.20. The van der Waals surface area contributed by atoms with E-state index in [0.29, 0.717) is 11.2 Å². The Balaban J connectivity index is 1.93. The molecule has 0 saturated heterocycles. The summed E-state index contributed by atoms with van der Waals surface area (Å²) in [5.74, 6) is 0.652. The standard InChI is InChI=1S/C17H19N3O2S/c1-4-14-9-15-16(23-14)19-11(2)20(17(15)21)18-10-12-5-7-13(22-3)8-6-12/h5-10,12-13H,4H2,1-3H3/b18-10+. The number of fused-ring (bicyclic) bond motifs is 1. The van der Waals surface area contributed by atoms with Crippen molar-refractivity contribution in [2.24, 2.45) is 11.0 Å². The Morgan fingerprint density at radius 2 is 2.13 bits per heavy atom. The van der Waals surface area contributed by atoms with Gasteiger partial charge in [-0.1, -0.05) is 31.2 Å². The molecule has 0 spiro atoms. The van der Waals surface area contributed by atoms with Crippen molar-refractivity contribution in [3.05, 3.63) is 51.4 Å². The summed E-state index contributed by atoms with van der Waals surface area (Å²) in [7, 11) is 1.67. The summed E-state index contributed by atoms with van der Waals surface area (Å²) in [6, 6.07) is 1.92. The van der Waals surface area contributed by atoms with Gasteiger partial charge in [-0.05, 0) is 19.4 Å². The lowest BCUT2D eigenvalue weighted by atomic mass is 10.0. The van der Waals surface area contributed by atoms with Crippen molar-refractivity contribution in [3.8, 4) is 0 Å². The fourth-order valence-electron chi connectivity index (χ4n) is 2.44. The molecule has 0 radical (unpaired) electrons. The lowest BCUT2D eigenvalue weighted by Gasteiger charge is -2.12. The highest BCUT2D eigenvalue weighted by molar-refractivity contribution is 7.18. The molecule has 0 fully saturated rings. The Bertz CT molecular complexity index is 847. The van der Waals surface area contributed by atoms with E-state index < -0.39 is 0 Å². The SMILES string of the molecule is CCc1cc2c(=O)n(/N=C/C3C=CC(OC)C=C3)c(C)nc2s1. The summed E-state index contributed by atoms with van der Waals surface area (Å²) in [4.78, 5) is 19.1. The Morgan fingerprint density at radius 3 is 2.78 bits per heavy atom. The molecule has 0 N–H and O–H groups in total. The molecule has 23 heavy (non-hydrogen) atoms. The summed E-state index contributed by atoms with van der Waals surface area (Å²) < 4.78 is 6.59. The van der Waals surface area contributed by atoms with Crippen LogP contribution in [0.3, 0.4) is 0 Å². The minimum atomic E-state index is -0.113. The minimum Gasteiger partial charge on any atom is -0.373 e. The van der Waals surface area contributed by atoms with Crippen molar-refractivity contribution < 1.29 is 4.74 Å². The summed E-state index contributed by atoms with van der Waals surface area (Å²) in [6.45, 7) is 3.88. The Labute approximate surface area is 138 Å². The molecule has 0 unspecified atom stereocenters. The second-order valence-corrected chi connectivity index (χ2v) is 6.49. The van der Waals surface area contributed by atoms with Crippen molar-refractivity contribution in [2.45, 2.75) is 26.4 Å². The van der Waals surface area contributed by atoms with Gasteiger partial charge in [0.2, 0.25) is 0 Å². The highest BCUT2D eigenvalue weighted by Crippen LogP contribution is 2.21. The number of methoxy groups -OCH3 is 1. The quantitative estimate of drug-likeness (QED) is 0.640. The van der Waals surface area contributed by atoms with Crippen LogP contribution in [0, 0.1) is 12.8 Å². The number of hydrogen-bond acceptors (Lipinski definition) is 5. The van der Waals surface area contributed by atoms with E-state index in [-0.39, 0.29) is 17.6 Å². The first-order valence-electron chi connectivity index (χ1n) is 7.58. The van der Waals surface area contributed by atoms with E-state index in [2.05, 4.69) is 17.0 Å². The average molecular weight is 329 g/mol. The first-order chi connectivity index (χ1) is 11.1. The summed E-state index contributed by atoms with van der Waals surface area (Å²) in [6.07, 6.45) is 10.6. The van der Waals surface area contributed by atoms with Gasteiger partial charge >= 0.3 is 0 Å². The molecule has 0 bridgehead atoms. The van der Waals surface area contributed by atoms with E-state index in [4.69, 9.17) is 4.74 Å². The Kier molecular flexibility index (Phi) is 4.54.